The summed E-state index contributed by atoms with van der Waals surface area (Å²) < 4.78 is 16.6. The summed E-state index contributed by atoms with van der Waals surface area (Å²) in [6.07, 6.45) is 3.42. The van der Waals surface area contributed by atoms with E-state index in [4.69, 9.17) is 19.9 Å². The molecule has 0 atom stereocenters. The molecule has 3 aromatic heterocycles. The number of fused-ring (bicyclic) bond motifs is 1. The Labute approximate surface area is 286 Å². The number of nitrogens with zero attached hydrogens (tertiary/aromatic N) is 5. The number of benzene rings is 1. The van der Waals surface area contributed by atoms with Crippen molar-refractivity contribution in [3.63, 3.8) is 0 Å². The Morgan fingerprint density at radius 3 is 2.54 bits per heavy atom. The van der Waals surface area contributed by atoms with E-state index in [1.807, 2.05) is 66.5 Å². The standard InChI is InChI=1S/C34H35N7O5S2/c1-34(2,3)46-31(42)23(18-35)17-24-9-10-26(47-24)27-11-12-28(48-27)41(4)15-16-44-33(43)38-19-21-5-7-22(8-6-21)20-45-30-29-25(13-14-37-29)39-32(36)40-30/h5-12,14,17H,13,15-16,19-20H2,1-4H3,(H,38,43)(H2,36,39,40)/b23-17+. The summed E-state index contributed by atoms with van der Waals surface area (Å²) in [7, 11) is 1.94. The topological polar surface area (TPSA) is 165 Å². The third-order valence-corrected chi connectivity index (χ3v) is 9.23. The highest BCUT2D eigenvalue weighted by Crippen LogP contribution is 2.38. The average molecular weight is 686 g/mol. The minimum atomic E-state index is -0.681. The van der Waals surface area contributed by atoms with Gasteiger partial charge >= 0.3 is 12.1 Å². The zero-order valence-electron chi connectivity index (χ0n) is 27.0. The summed E-state index contributed by atoms with van der Waals surface area (Å²) in [6.45, 7) is 6.61. The van der Waals surface area contributed by atoms with Gasteiger partial charge in [0.05, 0.1) is 17.2 Å². The molecule has 14 heteroatoms. The summed E-state index contributed by atoms with van der Waals surface area (Å²) in [5.41, 5.74) is 8.27. The minimum absolute atomic E-state index is 0.0437. The molecule has 0 bridgehead atoms. The van der Waals surface area contributed by atoms with Gasteiger partial charge in [0, 0.05) is 40.9 Å². The fraction of sp³-hybridized carbons (Fsp3) is 0.294. The van der Waals surface area contributed by atoms with Crippen LogP contribution in [0.4, 0.5) is 21.4 Å². The van der Waals surface area contributed by atoms with E-state index in [1.165, 1.54) is 11.3 Å². The molecule has 248 valence electrons. The number of nitriles is 1. The number of aliphatic imine (C=N–C) groups is 1. The van der Waals surface area contributed by atoms with Gasteiger partial charge in [0.15, 0.2) is 0 Å². The van der Waals surface area contributed by atoms with Crippen molar-refractivity contribution in [1.29, 1.82) is 5.26 Å². The van der Waals surface area contributed by atoms with Crippen molar-refractivity contribution in [3.05, 3.63) is 75.8 Å². The maximum Gasteiger partial charge on any atom is 0.407 e. The number of nitrogens with one attached hydrogen (secondary N) is 1. The Bertz CT molecular complexity index is 1880. The largest absolute Gasteiger partial charge is 0.471 e. The van der Waals surface area contributed by atoms with E-state index in [9.17, 15) is 14.9 Å². The van der Waals surface area contributed by atoms with E-state index in [1.54, 1.807) is 44.4 Å². The zero-order valence-corrected chi connectivity index (χ0v) is 28.6. The second kappa shape index (κ2) is 15.1. The van der Waals surface area contributed by atoms with Gasteiger partial charge in [0.2, 0.25) is 11.8 Å². The highest BCUT2D eigenvalue weighted by atomic mass is 32.1. The van der Waals surface area contributed by atoms with Crippen molar-refractivity contribution in [2.75, 3.05) is 30.8 Å². The Kier molecular flexibility index (Phi) is 10.7. The number of nitrogen functional groups attached to an aromatic ring is 1. The fourth-order valence-corrected chi connectivity index (χ4v) is 6.48. The molecule has 4 aromatic rings. The number of rotatable bonds is 12. The monoisotopic (exact) mass is 685 g/mol. The molecule has 0 fully saturated rings. The van der Waals surface area contributed by atoms with E-state index < -0.39 is 17.7 Å². The smallest absolute Gasteiger partial charge is 0.407 e. The number of hydrogen-bond donors (Lipinski definition) is 2. The molecule has 1 amide bonds. The number of carbonyl (C=O) groups is 2. The van der Waals surface area contributed by atoms with Gasteiger partial charge in [-0.2, -0.15) is 10.2 Å². The molecule has 4 heterocycles. The number of thiophene rings is 2. The highest BCUT2D eigenvalue weighted by Gasteiger charge is 2.21. The first-order chi connectivity index (χ1) is 23.0. The first-order valence-electron chi connectivity index (χ1n) is 15.0. The van der Waals surface area contributed by atoms with Crippen LogP contribution in [0.3, 0.4) is 0 Å². The van der Waals surface area contributed by atoms with Crippen molar-refractivity contribution in [3.8, 4) is 21.7 Å². The van der Waals surface area contributed by atoms with Gasteiger partial charge in [-0.25, -0.2) is 14.6 Å². The fourth-order valence-electron chi connectivity index (χ4n) is 4.45. The SMILES string of the molecule is CN(CCOC(=O)NCc1ccc(COc2nc(N)nc3c2N=CC3)cc1)c1ccc(-c2ccc(/C=C(\C#N)C(=O)OC(C)(C)C)s2)s1. The molecule has 12 nitrogen and oxygen atoms in total. The molecule has 5 rings (SSSR count). The molecule has 3 N–H and O–H groups in total. The number of carbonyl (C=O) groups excluding carboxylic acids is 2. The number of amides is 1. The van der Waals surface area contributed by atoms with Crippen molar-refractivity contribution < 1.29 is 23.8 Å². The second-order valence-electron chi connectivity index (χ2n) is 11.7. The number of ether oxygens (including phenoxy) is 3. The van der Waals surface area contributed by atoms with Crippen LogP contribution in [0.5, 0.6) is 5.88 Å². The van der Waals surface area contributed by atoms with Crippen LogP contribution in [-0.4, -0.2) is 54.0 Å². The normalized spacial score (nSPS) is 12.3. The lowest BCUT2D eigenvalue weighted by atomic mass is 10.1. The quantitative estimate of drug-likeness (QED) is 0.0982. The molecule has 1 aliphatic heterocycles. The molecule has 0 radical (unpaired) electrons. The van der Waals surface area contributed by atoms with Crippen LogP contribution in [-0.2, 0) is 33.8 Å². The predicted octanol–water partition coefficient (Wildman–Crippen LogP) is 6.30. The molecule has 1 aromatic carbocycles. The zero-order chi connectivity index (χ0) is 34.3. The summed E-state index contributed by atoms with van der Waals surface area (Å²) in [6, 6.07) is 17.5. The van der Waals surface area contributed by atoms with Crippen LogP contribution < -0.4 is 20.7 Å². The van der Waals surface area contributed by atoms with Gasteiger partial charge in [-0.1, -0.05) is 24.3 Å². The maximum atomic E-state index is 12.3. The molecule has 0 saturated heterocycles. The first kappa shape index (κ1) is 34.1. The molecule has 0 spiro atoms. The number of aromatic nitrogens is 2. The van der Waals surface area contributed by atoms with Crippen LogP contribution in [0.2, 0.25) is 0 Å². The molecular formula is C34H35N7O5S2. The lowest BCUT2D eigenvalue weighted by Crippen LogP contribution is -2.28. The van der Waals surface area contributed by atoms with E-state index in [0.717, 1.165) is 36.5 Å². The third-order valence-electron chi connectivity index (χ3n) is 6.81. The van der Waals surface area contributed by atoms with Gasteiger partial charge in [-0.3, -0.25) is 4.99 Å². The van der Waals surface area contributed by atoms with Crippen molar-refractivity contribution in [2.45, 2.75) is 45.9 Å². The number of esters is 1. The molecular weight excluding hydrogens is 651 g/mol. The van der Waals surface area contributed by atoms with Gasteiger partial charge in [0.1, 0.15) is 36.1 Å². The van der Waals surface area contributed by atoms with Gasteiger partial charge in [-0.15, -0.1) is 22.7 Å². The van der Waals surface area contributed by atoms with Gasteiger partial charge in [-0.05, 0) is 62.2 Å². The number of alkyl carbamates (subject to hydrolysis) is 1. The van der Waals surface area contributed by atoms with Gasteiger partial charge < -0.3 is 30.2 Å². The van der Waals surface area contributed by atoms with Crippen LogP contribution in [0, 0.1) is 11.3 Å². The van der Waals surface area contributed by atoms with Gasteiger partial charge in [0.25, 0.3) is 0 Å². The van der Waals surface area contributed by atoms with E-state index in [0.29, 0.717) is 31.1 Å². The lowest BCUT2D eigenvalue weighted by molar-refractivity contribution is -0.149. The Morgan fingerprint density at radius 2 is 1.79 bits per heavy atom. The second-order valence-corrected chi connectivity index (χ2v) is 13.9. The number of likely N-dealkylation sites (N-methyl/N-ethyl adjacent to an activating group) is 1. The van der Waals surface area contributed by atoms with Crippen molar-refractivity contribution in [1.82, 2.24) is 15.3 Å². The molecule has 0 aliphatic carbocycles. The summed E-state index contributed by atoms with van der Waals surface area (Å²) in [5.74, 6) is -0.121. The van der Waals surface area contributed by atoms with Crippen LogP contribution >= 0.6 is 22.7 Å². The maximum absolute atomic E-state index is 12.3. The van der Waals surface area contributed by atoms with E-state index in [2.05, 4.69) is 20.3 Å². The lowest BCUT2D eigenvalue weighted by Gasteiger charge is -2.18. The number of nitrogens with two attached hydrogens (primary N) is 1. The van der Waals surface area contributed by atoms with Crippen molar-refractivity contribution >= 4 is 63.7 Å². The van der Waals surface area contributed by atoms with Crippen LogP contribution in [0.1, 0.15) is 42.5 Å². The van der Waals surface area contributed by atoms with Crippen LogP contribution in [0.15, 0.2) is 59.1 Å². The Balaban J connectivity index is 1.04. The number of hydrogen-bond acceptors (Lipinski definition) is 13. The molecule has 0 saturated carbocycles. The predicted molar refractivity (Wildman–Crippen MR) is 188 cm³/mol. The average Bonchev–Trinajstić information content (AvgIpc) is 3.82. The van der Waals surface area contributed by atoms with E-state index in [-0.39, 0.29) is 24.7 Å². The summed E-state index contributed by atoms with van der Waals surface area (Å²) in [5, 5.41) is 13.2. The molecule has 48 heavy (non-hydrogen) atoms. The third kappa shape index (κ3) is 9.18. The summed E-state index contributed by atoms with van der Waals surface area (Å²) in [4.78, 5) is 42.1. The van der Waals surface area contributed by atoms with E-state index >= 15 is 0 Å². The Hall–Kier alpha value is -5.26. The first-order valence-corrected chi connectivity index (χ1v) is 16.7. The summed E-state index contributed by atoms with van der Waals surface area (Å²) >= 11 is 3.08. The highest BCUT2D eigenvalue weighted by molar-refractivity contribution is 7.24. The molecule has 0 unspecified atom stereocenters. The number of anilines is 2. The van der Waals surface area contributed by atoms with Crippen molar-refractivity contribution in [2.24, 2.45) is 4.99 Å². The minimum Gasteiger partial charge on any atom is -0.471 e. The molecule has 1 aliphatic rings. The van der Waals surface area contributed by atoms with Crippen LogP contribution in [0.25, 0.3) is 15.8 Å². The Morgan fingerprint density at radius 1 is 1.06 bits per heavy atom.